The second-order valence-electron chi connectivity index (χ2n) is 3.57. The van der Waals surface area contributed by atoms with Gasteiger partial charge < -0.3 is 4.74 Å². The second kappa shape index (κ2) is 5.25. The highest BCUT2D eigenvalue weighted by Crippen LogP contribution is 2.22. The van der Waals surface area contributed by atoms with Crippen LogP contribution in [0.3, 0.4) is 0 Å². The molecule has 1 heterocycles. The molecule has 2 rings (SSSR count). The average Bonchev–Trinajstić information content (AvgIpc) is 2.40. The predicted octanol–water partition coefficient (Wildman–Crippen LogP) is 2.26. The average molecular weight is 226 g/mol. The molecule has 1 aromatic heterocycles. The number of nitrogens with zero attached hydrogens (tertiary/aromatic N) is 1. The van der Waals surface area contributed by atoms with E-state index in [1.807, 2.05) is 36.4 Å². The Labute approximate surface area is 100 Å². The van der Waals surface area contributed by atoms with Gasteiger partial charge >= 0.3 is 5.97 Å². The molecule has 1 radical (unpaired) electrons. The van der Waals surface area contributed by atoms with Gasteiger partial charge in [0.15, 0.2) is 0 Å². The number of hydrogen-bond acceptors (Lipinski definition) is 3. The summed E-state index contributed by atoms with van der Waals surface area (Å²) in [6.45, 7) is 0. The normalized spacial score (nSPS) is 9.94. The van der Waals surface area contributed by atoms with Crippen molar-refractivity contribution in [3.05, 3.63) is 54.4 Å². The standard InChI is InChI=1S/C14H12NO2/c1-17-14(16)9-11-5-2-3-7-13(11)12-6-4-8-15-10-12/h2-8H,9H2,1H3. The molecule has 0 unspecified atom stereocenters. The van der Waals surface area contributed by atoms with Gasteiger partial charge in [0.1, 0.15) is 0 Å². The van der Waals surface area contributed by atoms with Gasteiger partial charge in [0.05, 0.1) is 19.7 Å². The van der Waals surface area contributed by atoms with Gasteiger partial charge in [0, 0.05) is 11.8 Å². The number of aromatic nitrogens is 1. The Bertz CT molecular complexity index is 509. The molecule has 85 valence electrons. The first kappa shape index (κ1) is 11.3. The quantitative estimate of drug-likeness (QED) is 0.753. The Hall–Kier alpha value is -2.16. The summed E-state index contributed by atoms with van der Waals surface area (Å²) in [7, 11) is 1.39. The van der Waals surface area contributed by atoms with Gasteiger partial charge in [-0.15, -0.1) is 0 Å². The lowest BCUT2D eigenvalue weighted by atomic mass is 9.99. The zero-order valence-corrected chi connectivity index (χ0v) is 9.51. The van der Waals surface area contributed by atoms with Crippen molar-refractivity contribution in [2.45, 2.75) is 6.42 Å². The lowest BCUT2D eigenvalue weighted by Crippen LogP contribution is -2.05. The van der Waals surface area contributed by atoms with Crippen LogP contribution in [0.4, 0.5) is 0 Å². The SMILES string of the molecule is COC(=O)Cc1ccccc1-c1[c]nccc1. The number of carbonyl (C=O) groups is 1. The highest BCUT2D eigenvalue weighted by molar-refractivity contribution is 5.77. The van der Waals surface area contributed by atoms with Crippen molar-refractivity contribution in [3.8, 4) is 11.1 Å². The molecule has 1 aromatic carbocycles. The van der Waals surface area contributed by atoms with Crippen molar-refractivity contribution in [3.63, 3.8) is 0 Å². The molecule has 0 spiro atoms. The molecule has 0 bridgehead atoms. The molecule has 0 saturated heterocycles. The lowest BCUT2D eigenvalue weighted by Gasteiger charge is -2.07. The minimum Gasteiger partial charge on any atom is -0.469 e. The minimum absolute atomic E-state index is 0.249. The van der Waals surface area contributed by atoms with Crippen LogP contribution in [0.15, 0.2) is 42.6 Å². The van der Waals surface area contributed by atoms with E-state index in [0.717, 1.165) is 16.7 Å². The third-order valence-electron chi connectivity index (χ3n) is 2.48. The number of hydrogen-bond donors (Lipinski definition) is 0. The molecule has 3 nitrogen and oxygen atoms in total. The first-order valence-corrected chi connectivity index (χ1v) is 5.29. The molecule has 0 amide bonds. The lowest BCUT2D eigenvalue weighted by molar-refractivity contribution is -0.139. The number of benzene rings is 1. The molecular formula is C14H12NO2. The van der Waals surface area contributed by atoms with Gasteiger partial charge in [-0.2, -0.15) is 0 Å². The molecule has 17 heavy (non-hydrogen) atoms. The van der Waals surface area contributed by atoms with Gasteiger partial charge in [-0.25, -0.2) is 0 Å². The fourth-order valence-corrected chi connectivity index (χ4v) is 1.64. The Morgan fingerprint density at radius 3 is 2.82 bits per heavy atom. The molecule has 0 fully saturated rings. The maximum absolute atomic E-state index is 11.3. The molecule has 2 aromatic rings. The van der Waals surface area contributed by atoms with E-state index < -0.39 is 0 Å². The highest BCUT2D eigenvalue weighted by Gasteiger charge is 2.09. The first-order valence-electron chi connectivity index (χ1n) is 5.29. The van der Waals surface area contributed by atoms with Crippen LogP contribution in [0.2, 0.25) is 0 Å². The van der Waals surface area contributed by atoms with E-state index in [2.05, 4.69) is 15.9 Å². The van der Waals surface area contributed by atoms with Crippen molar-refractivity contribution in [2.75, 3.05) is 7.11 Å². The molecule has 0 atom stereocenters. The van der Waals surface area contributed by atoms with E-state index in [1.54, 1.807) is 6.20 Å². The third kappa shape index (κ3) is 2.69. The monoisotopic (exact) mass is 226 g/mol. The zero-order chi connectivity index (χ0) is 12.1. The molecular weight excluding hydrogens is 214 g/mol. The summed E-state index contributed by atoms with van der Waals surface area (Å²) in [6, 6.07) is 11.5. The van der Waals surface area contributed by atoms with Crippen molar-refractivity contribution >= 4 is 5.97 Å². The van der Waals surface area contributed by atoms with Crippen molar-refractivity contribution in [1.82, 2.24) is 4.98 Å². The number of esters is 1. The Kier molecular flexibility index (Phi) is 3.50. The molecule has 0 aliphatic rings. The van der Waals surface area contributed by atoms with Crippen LogP contribution in [-0.2, 0) is 16.0 Å². The molecule has 0 N–H and O–H groups in total. The van der Waals surface area contributed by atoms with Gasteiger partial charge in [-0.1, -0.05) is 30.3 Å². The van der Waals surface area contributed by atoms with Crippen molar-refractivity contribution in [1.29, 1.82) is 0 Å². The van der Waals surface area contributed by atoms with Crippen LogP contribution in [0.1, 0.15) is 5.56 Å². The summed E-state index contributed by atoms with van der Waals surface area (Å²) in [6.07, 6.45) is 4.85. The summed E-state index contributed by atoms with van der Waals surface area (Å²) in [5.74, 6) is -0.249. The fourth-order valence-electron chi connectivity index (χ4n) is 1.64. The Morgan fingerprint density at radius 1 is 1.29 bits per heavy atom. The molecule has 0 saturated carbocycles. The Morgan fingerprint density at radius 2 is 2.12 bits per heavy atom. The van der Waals surface area contributed by atoms with E-state index in [-0.39, 0.29) is 12.4 Å². The van der Waals surface area contributed by atoms with E-state index in [4.69, 9.17) is 0 Å². The highest BCUT2D eigenvalue weighted by atomic mass is 16.5. The van der Waals surface area contributed by atoms with E-state index in [0.29, 0.717) is 0 Å². The summed E-state index contributed by atoms with van der Waals surface area (Å²) < 4.78 is 4.68. The fraction of sp³-hybridized carbons (Fsp3) is 0.143. The van der Waals surface area contributed by atoms with Gasteiger partial charge in [-0.3, -0.25) is 9.78 Å². The molecule has 3 heteroatoms. The maximum Gasteiger partial charge on any atom is 0.309 e. The summed E-state index contributed by atoms with van der Waals surface area (Å²) in [4.78, 5) is 15.3. The zero-order valence-electron chi connectivity index (χ0n) is 9.51. The third-order valence-corrected chi connectivity index (χ3v) is 2.48. The minimum atomic E-state index is -0.249. The Balaban J connectivity index is 2.38. The van der Waals surface area contributed by atoms with Crippen LogP contribution in [0, 0.1) is 6.20 Å². The number of pyridine rings is 1. The van der Waals surface area contributed by atoms with Gasteiger partial charge in [0.25, 0.3) is 0 Å². The largest absolute Gasteiger partial charge is 0.469 e. The number of ether oxygens (including phenoxy) is 1. The molecule has 0 aliphatic carbocycles. The van der Waals surface area contributed by atoms with E-state index in [9.17, 15) is 4.79 Å². The maximum atomic E-state index is 11.3. The van der Waals surface area contributed by atoms with Crippen LogP contribution in [0.5, 0.6) is 0 Å². The second-order valence-corrected chi connectivity index (χ2v) is 3.57. The van der Waals surface area contributed by atoms with Crippen molar-refractivity contribution in [2.24, 2.45) is 0 Å². The van der Waals surface area contributed by atoms with Crippen LogP contribution < -0.4 is 0 Å². The van der Waals surface area contributed by atoms with E-state index in [1.165, 1.54) is 7.11 Å². The van der Waals surface area contributed by atoms with Crippen LogP contribution >= 0.6 is 0 Å². The summed E-state index contributed by atoms with van der Waals surface area (Å²) in [5.41, 5.74) is 2.77. The van der Waals surface area contributed by atoms with Gasteiger partial charge in [0.2, 0.25) is 0 Å². The molecule has 0 aliphatic heterocycles. The van der Waals surface area contributed by atoms with Crippen molar-refractivity contribution < 1.29 is 9.53 Å². The van der Waals surface area contributed by atoms with E-state index >= 15 is 0 Å². The first-order chi connectivity index (χ1) is 8.31. The number of rotatable bonds is 3. The summed E-state index contributed by atoms with van der Waals surface area (Å²) in [5, 5.41) is 0. The van der Waals surface area contributed by atoms with Crippen LogP contribution in [-0.4, -0.2) is 18.1 Å². The topological polar surface area (TPSA) is 39.2 Å². The van der Waals surface area contributed by atoms with Crippen LogP contribution in [0.25, 0.3) is 11.1 Å². The van der Waals surface area contributed by atoms with Gasteiger partial charge in [-0.05, 0) is 17.2 Å². The number of carbonyl (C=O) groups excluding carboxylic acids is 1. The summed E-state index contributed by atoms with van der Waals surface area (Å²) >= 11 is 0. The smallest absolute Gasteiger partial charge is 0.309 e. The predicted molar refractivity (Wildman–Crippen MR) is 64.2 cm³/mol. The number of methoxy groups -OCH3 is 1.